The number of halogens is 2. The van der Waals surface area contributed by atoms with Crippen LogP contribution in [-0.2, 0) is 6.54 Å². The van der Waals surface area contributed by atoms with Crippen molar-refractivity contribution in [3.63, 3.8) is 0 Å². The first-order valence-corrected chi connectivity index (χ1v) is 5.28. The van der Waals surface area contributed by atoms with E-state index in [1.165, 1.54) is 0 Å². The number of methoxy groups -OCH3 is 1. The molecule has 0 saturated heterocycles. The predicted octanol–water partition coefficient (Wildman–Crippen LogP) is 2.52. The molecule has 0 aliphatic rings. The van der Waals surface area contributed by atoms with E-state index in [0.29, 0.717) is 6.54 Å². The molecule has 1 aromatic carbocycles. The predicted molar refractivity (Wildman–Crippen MR) is 61.3 cm³/mol. The minimum atomic E-state index is 0.522. The van der Waals surface area contributed by atoms with E-state index in [1.54, 1.807) is 7.11 Å². The molecule has 0 spiro atoms. The average molecular weight is 342 g/mol. The molecule has 12 heavy (non-hydrogen) atoms. The second-order valence-corrected chi connectivity index (χ2v) is 4.24. The molecule has 2 nitrogen and oxygen atoms in total. The van der Waals surface area contributed by atoms with Crippen molar-refractivity contribution in [2.75, 3.05) is 7.11 Å². The molecule has 0 bridgehead atoms. The molecule has 0 amide bonds. The van der Waals surface area contributed by atoms with Crippen molar-refractivity contribution in [3.05, 3.63) is 25.7 Å². The molecule has 0 aliphatic heterocycles. The molecule has 0 aliphatic carbocycles. The van der Waals surface area contributed by atoms with Crippen LogP contribution in [0.25, 0.3) is 0 Å². The van der Waals surface area contributed by atoms with Gasteiger partial charge in [0.25, 0.3) is 0 Å². The van der Waals surface area contributed by atoms with Gasteiger partial charge in [-0.25, -0.2) is 0 Å². The molecule has 1 rings (SSSR count). The first kappa shape index (κ1) is 10.3. The molecule has 0 radical (unpaired) electrons. The van der Waals surface area contributed by atoms with E-state index in [4.69, 9.17) is 10.5 Å². The topological polar surface area (TPSA) is 35.2 Å². The zero-order valence-corrected chi connectivity index (χ0v) is 10.3. The van der Waals surface area contributed by atoms with Crippen molar-refractivity contribution in [1.82, 2.24) is 0 Å². The number of benzene rings is 1. The maximum atomic E-state index is 5.55. The van der Waals surface area contributed by atoms with Crippen LogP contribution in [0.1, 0.15) is 5.56 Å². The van der Waals surface area contributed by atoms with E-state index in [9.17, 15) is 0 Å². The Bertz CT molecular complexity index is 291. The van der Waals surface area contributed by atoms with Crippen molar-refractivity contribution in [1.29, 1.82) is 0 Å². The maximum absolute atomic E-state index is 5.55. The Labute approximate surface area is 93.7 Å². The molecule has 1 aromatic rings. The lowest BCUT2D eigenvalue weighted by atomic mass is 10.2. The van der Waals surface area contributed by atoms with E-state index in [0.717, 1.165) is 19.4 Å². The van der Waals surface area contributed by atoms with Gasteiger partial charge < -0.3 is 10.5 Å². The van der Waals surface area contributed by atoms with Gasteiger partial charge in [0.1, 0.15) is 5.75 Å². The third-order valence-corrected chi connectivity index (χ3v) is 4.06. The Balaban J connectivity index is 3.19. The third-order valence-electron chi connectivity index (χ3n) is 1.53. The van der Waals surface area contributed by atoms with E-state index >= 15 is 0 Å². The van der Waals surface area contributed by atoms with Crippen LogP contribution in [0.4, 0.5) is 0 Å². The number of hydrogen-bond donors (Lipinski definition) is 1. The van der Waals surface area contributed by atoms with Gasteiger partial charge in [-0.15, -0.1) is 0 Å². The highest BCUT2D eigenvalue weighted by Crippen LogP contribution is 2.28. The number of rotatable bonds is 2. The summed E-state index contributed by atoms with van der Waals surface area (Å²) in [5, 5.41) is 0. The van der Waals surface area contributed by atoms with Gasteiger partial charge in [-0.1, -0.05) is 0 Å². The largest absolute Gasteiger partial charge is 0.497 e. The van der Waals surface area contributed by atoms with E-state index in [-0.39, 0.29) is 0 Å². The molecule has 0 fully saturated rings. The SMILES string of the molecule is COc1cc(I)c(Br)c(CN)c1. The Morgan fingerprint density at radius 2 is 2.25 bits per heavy atom. The van der Waals surface area contributed by atoms with Crippen LogP contribution >= 0.6 is 38.5 Å². The number of ether oxygens (including phenoxy) is 1. The summed E-state index contributed by atoms with van der Waals surface area (Å²) in [5.41, 5.74) is 6.62. The molecule has 4 heteroatoms. The van der Waals surface area contributed by atoms with Crippen LogP contribution in [0.3, 0.4) is 0 Å². The van der Waals surface area contributed by atoms with Gasteiger partial charge in [-0.3, -0.25) is 0 Å². The summed E-state index contributed by atoms with van der Waals surface area (Å²) in [6.07, 6.45) is 0. The first-order valence-electron chi connectivity index (χ1n) is 3.41. The van der Waals surface area contributed by atoms with Crippen molar-refractivity contribution >= 4 is 38.5 Å². The van der Waals surface area contributed by atoms with E-state index < -0.39 is 0 Å². The van der Waals surface area contributed by atoms with Gasteiger partial charge in [0, 0.05) is 14.6 Å². The van der Waals surface area contributed by atoms with Crippen LogP contribution in [0, 0.1) is 3.57 Å². The normalized spacial score (nSPS) is 10.0. The molecular formula is C8H9BrINO. The van der Waals surface area contributed by atoms with Crippen molar-refractivity contribution in [2.24, 2.45) is 5.73 Å². The molecule has 0 heterocycles. The summed E-state index contributed by atoms with van der Waals surface area (Å²) >= 11 is 5.70. The minimum absolute atomic E-state index is 0.522. The first-order chi connectivity index (χ1) is 5.69. The zero-order valence-electron chi connectivity index (χ0n) is 6.60. The fourth-order valence-corrected chi connectivity index (χ4v) is 1.93. The van der Waals surface area contributed by atoms with Crippen molar-refractivity contribution in [3.8, 4) is 5.75 Å². The quantitative estimate of drug-likeness (QED) is 0.839. The molecule has 0 aromatic heterocycles. The summed E-state index contributed by atoms with van der Waals surface area (Å²) in [6, 6.07) is 3.90. The second kappa shape index (κ2) is 4.43. The van der Waals surface area contributed by atoms with Crippen LogP contribution in [0.2, 0.25) is 0 Å². The van der Waals surface area contributed by atoms with Crippen LogP contribution in [-0.4, -0.2) is 7.11 Å². The fraction of sp³-hybridized carbons (Fsp3) is 0.250. The smallest absolute Gasteiger partial charge is 0.120 e. The summed E-state index contributed by atoms with van der Waals surface area (Å²) in [7, 11) is 1.65. The van der Waals surface area contributed by atoms with Gasteiger partial charge in [-0.2, -0.15) is 0 Å². The maximum Gasteiger partial charge on any atom is 0.120 e. The lowest BCUT2D eigenvalue weighted by Crippen LogP contribution is -1.99. The average Bonchev–Trinajstić information content (AvgIpc) is 2.09. The van der Waals surface area contributed by atoms with Gasteiger partial charge >= 0.3 is 0 Å². The van der Waals surface area contributed by atoms with Crippen LogP contribution < -0.4 is 10.5 Å². The van der Waals surface area contributed by atoms with E-state index in [1.807, 2.05) is 12.1 Å². The third kappa shape index (κ3) is 2.11. The number of nitrogens with two attached hydrogens (primary N) is 1. The Kier molecular flexibility index (Phi) is 3.79. The Hall–Kier alpha value is 0.190. The lowest BCUT2D eigenvalue weighted by molar-refractivity contribution is 0.414. The van der Waals surface area contributed by atoms with Crippen molar-refractivity contribution < 1.29 is 4.74 Å². The molecular weight excluding hydrogens is 333 g/mol. The Morgan fingerprint density at radius 3 is 2.75 bits per heavy atom. The lowest BCUT2D eigenvalue weighted by Gasteiger charge is -2.07. The van der Waals surface area contributed by atoms with Crippen molar-refractivity contribution in [2.45, 2.75) is 6.54 Å². The van der Waals surface area contributed by atoms with Crippen LogP contribution in [0.5, 0.6) is 5.75 Å². The molecule has 2 N–H and O–H groups in total. The Morgan fingerprint density at radius 1 is 1.58 bits per heavy atom. The highest BCUT2D eigenvalue weighted by Gasteiger charge is 2.05. The monoisotopic (exact) mass is 341 g/mol. The summed E-state index contributed by atoms with van der Waals surface area (Å²) in [6.45, 7) is 0.522. The standard InChI is InChI=1S/C8H9BrINO/c1-12-6-2-5(4-11)8(9)7(10)3-6/h2-3H,4,11H2,1H3. The molecule has 66 valence electrons. The highest BCUT2D eigenvalue weighted by atomic mass is 127. The molecule has 0 saturated carbocycles. The number of hydrogen-bond acceptors (Lipinski definition) is 2. The van der Waals surface area contributed by atoms with E-state index in [2.05, 4.69) is 38.5 Å². The fourth-order valence-electron chi connectivity index (χ4n) is 0.885. The van der Waals surface area contributed by atoms with Gasteiger partial charge in [0.05, 0.1) is 7.11 Å². The highest BCUT2D eigenvalue weighted by molar-refractivity contribution is 14.1. The van der Waals surface area contributed by atoms with Crippen LogP contribution in [0.15, 0.2) is 16.6 Å². The summed E-state index contributed by atoms with van der Waals surface area (Å²) in [4.78, 5) is 0. The molecule has 0 unspecified atom stereocenters. The van der Waals surface area contributed by atoms with Gasteiger partial charge in [-0.05, 0) is 56.2 Å². The molecule has 0 atom stereocenters. The van der Waals surface area contributed by atoms with Gasteiger partial charge in [0.2, 0.25) is 0 Å². The minimum Gasteiger partial charge on any atom is -0.497 e. The summed E-state index contributed by atoms with van der Waals surface area (Å²) < 4.78 is 7.29. The second-order valence-electron chi connectivity index (χ2n) is 2.29. The zero-order chi connectivity index (χ0) is 9.14. The summed E-state index contributed by atoms with van der Waals surface area (Å²) in [5.74, 6) is 0.850. The van der Waals surface area contributed by atoms with Gasteiger partial charge in [0.15, 0.2) is 0 Å².